The van der Waals surface area contributed by atoms with Crippen LogP contribution in [0.3, 0.4) is 0 Å². The number of anilines is 2. The van der Waals surface area contributed by atoms with Crippen molar-refractivity contribution in [3.8, 4) is 0 Å². The van der Waals surface area contributed by atoms with Gasteiger partial charge < -0.3 is 11.1 Å². The van der Waals surface area contributed by atoms with E-state index in [9.17, 15) is 4.79 Å². The summed E-state index contributed by atoms with van der Waals surface area (Å²) >= 11 is 5.76. The summed E-state index contributed by atoms with van der Waals surface area (Å²) in [6, 6.07) is 1.44. The van der Waals surface area contributed by atoms with Gasteiger partial charge in [-0.1, -0.05) is 18.5 Å². The van der Waals surface area contributed by atoms with Crippen LogP contribution in [0.5, 0.6) is 0 Å². The fourth-order valence-electron chi connectivity index (χ4n) is 1.73. The summed E-state index contributed by atoms with van der Waals surface area (Å²) in [4.78, 5) is 16.0. The van der Waals surface area contributed by atoms with Crippen LogP contribution in [-0.2, 0) is 13.5 Å². The molecule has 0 aliphatic rings. The zero-order valence-corrected chi connectivity index (χ0v) is 11.4. The molecule has 2 rings (SSSR count). The van der Waals surface area contributed by atoms with Gasteiger partial charge in [0.2, 0.25) is 0 Å². The monoisotopic (exact) mass is 279 g/mol. The minimum absolute atomic E-state index is 0.223. The lowest BCUT2D eigenvalue weighted by Gasteiger charge is -2.06. The molecule has 0 fully saturated rings. The van der Waals surface area contributed by atoms with Crippen molar-refractivity contribution in [2.75, 3.05) is 11.1 Å². The fourth-order valence-corrected chi connectivity index (χ4v) is 1.88. The quantitative estimate of drug-likeness (QED) is 0.840. The van der Waals surface area contributed by atoms with E-state index in [4.69, 9.17) is 17.3 Å². The number of nitrogens with one attached hydrogen (secondary N) is 1. The number of hydrogen-bond donors (Lipinski definition) is 2. The molecule has 0 saturated heterocycles. The zero-order valence-electron chi connectivity index (χ0n) is 10.6. The highest BCUT2D eigenvalue weighted by molar-refractivity contribution is 6.30. The number of nitrogens with zero attached hydrogens (tertiary/aromatic N) is 3. The summed E-state index contributed by atoms with van der Waals surface area (Å²) < 4.78 is 1.65. The van der Waals surface area contributed by atoms with Crippen LogP contribution in [0.25, 0.3) is 0 Å². The predicted octanol–water partition coefficient (Wildman–Crippen LogP) is 1.87. The molecule has 2 aromatic rings. The third-order valence-corrected chi connectivity index (χ3v) is 2.84. The summed E-state index contributed by atoms with van der Waals surface area (Å²) in [7, 11) is 1.80. The smallest absolute Gasteiger partial charge is 0.258 e. The number of aromatic nitrogens is 3. The summed E-state index contributed by atoms with van der Waals surface area (Å²) in [6.07, 6.45) is 3.83. The van der Waals surface area contributed by atoms with E-state index in [1.165, 1.54) is 12.3 Å². The summed E-state index contributed by atoms with van der Waals surface area (Å²) in [5.41, 5.74) is 7.78. The number of rotatable bonds is 3. The van der Waals surface area contributed by atoms with Gasteiger partial charge in [0, 0.05) is 13.2 Å². The molecule has 0 bridgehead atoms. The van der Waals surface area contributed by atoms with Crippen LogP contribution in [0.2, 0.25) is 5.15 Å². The number of carbonyl (C=O) groups is 1. The van der Waals surface area contributed by atoms with Crippen LogP contribution >= 0.6 is 11.6 Å². The first-order valence-corrected chi connectivity index (χ1v) is 6.14. The SMILES string of the molecule is CCc1nn(C)cc1NC(=O)c1cc(Cl)ncc1N. The van der Waals surface area contributed by atoms with Crippen molar-refractivity contribution in [2.24, 2.45) is 7.05 Å². The standard InChI is InChI=1S/C12H14ClN5O/c1-3-9-10(6-18(2)17-9)16-12(19)7-4-11(13)15-5-8(7)14/h4-6H,3,14H2,1-2H3,(H,16,19). The Hall–Kier alpha value is -2.08. The zero-order chi connectivity index (χ0) is 14.0. The van der Waals surface area contributed by atoms with Gasteiger partial charge in [-0.2, -0.15) is 5.10 Å². The average Bonchev–Trinajstić information content (AvgIpc) is 2.72. The molecule has 6 nitrogen and oxygen atoms in total. The molecule has 0 spiro atoms. The van der Waals surface area contributed by atoms with E-state index in [1.807, 2.05) is 6.92 Å². The molecule has 7 heteroatoms. The minimum Gasteiger partial charge on any atom is -0.397 e. The Bertz CT molecular complexity index is 623. The van der Waals surface area contributed by atoms with Crippen LogP contribution in [0.4, 0.5) is 11.4 Å². The minimum atomic E-state index is -0.329. The molecule has 0 aliphatic heterocycles. The molecule has 0 aliphatic carbocycles. The topological polar surface area (TPSA) is 85.8 Å². The van der Waals surface area contributed by atoms with Crippen molar-refractivity contribution in [2.45, 2.75) is 13.3 Å². The first-order chi connectivity index (χ1) is 9.01. The fraction of sp³-hybridized carbons (Fsp3) is 0.250. The van der Waals surface area contributed by atoms with Crippen molar-refractivity contribution in [1.29, 1.82) is 0 Å². The van der Waals surface area contributed by atoms with Crippen molar-refractivity contribution < 1.29 is 4.79 Å². The average molecular weight is 280 g/mol. The second kappa shape index (κ2) is 5.27. The van der Waals surface area contributed by atoms with Gasteiger partial charge >= 0.3 is 0 Å². The Labute approximate surface area is 115 Å². The molecule has 1 amide bonds. The molecular weight excluding hydrogens is 266 g/mol. The van der Waals surface area contributed by atoms with Crippen molar-refractivity contribution in [3.05, 3.63) is 34.9 Å². The van der Waals surface area contributed by atoms with Gasteiger partial charge in [0.05, 0.1) is 28.8 Å². The van der Waals surface area contributed by atoms with Gasteiger partial charge in [-0.05, 0) is 12.5 Å². The Balaban J connectivity index is 2.27. The second-order valence-electron chi connectivity index (χ2n) is 4.07. The van der Waals surface area contributed by atoms with Gasteiger partial charge in [0.25, 0.3) is 5.91 Å². The molecule has 100 valence electrons. The van der Waals surface area contributed by atoms with Crippen molar-refractivity contribution >= 4 is 28.9 Å². The van der Waals surface area contributed by atoms with Gasteiger partial charge in [-0.15, -0.1) is 0 Å². The Morgan fingerprint density at radius 2 is 2.32 bits per heavy atom. The summed E-state index contributed by atoms with van der Waals surface area (Å²) in [5.74, 6) is -0.329. The van der Waals surface area contributed by atoms with Crippen LogP contribution < -0.4 is 11.1 Å². The van der Waals surface area contributed by atoms with E-state index in [1.54, 1.807) is 17.9 Å². The first-order valence-electron chi connectivity index (χ1n) is 5.76. The molecule has 0 radical (unpaired) electrons. The third-order valence-electron chi connectivity index (χ3n) is 2.63. The number of hydrogen-bond acceptors (Lipinski definition) is 4. The maximum absolute atomic E-state index is 12.1. The normalized spacial score (nSPS) is 10.5. The largest absolute Gasteiger partial charge is 0.397 e. The van der Waals surface area contributed by atoms with Gasteiger partial charge in [0.15, 0.2) is 0 Å². The van der Waals surface area contributed by atoms with Crippen LogP contribution in [0.15, 0.2) is 18.5 Å². The number of nitrogens with two attached hydrogens (primary N) is 1. The van der Waals surface area contributed by atoms with Crippen molar-refractivity contribution in [1.82, 2.24) is 14.8 Å². The lowest BCUT2D eigenvalue weighted by molar-refractivity contribution is 0.102. The highest BCUT2D eigenvalue weighted by Gasteiger charge is 2.14. The number of halogens is 1. The number of nitrogen functional groups attached to an aromatic ring is 1. The van der Waals surface area contributed by atoms with E-state index in [-0.39, 0.29) is 16.7 Å². The molecule has 0 unspecified atom stereocenters. The second-order valence-corrected chi connectivity index (χ2v) is 4.45. The van der Waals surface area contributed by atoms with E-state index < -0.39 is 0 Å². The van der Waals surface area contributed by atoms with Crippen LogP contribution in [-0.4, -0.2) is 20.7 Å². The lowest BCUT2D eigenvalue weighted by Crippen LogP contribution is -2.15. The predicted molar refractivity (Wildman–Crippen MR) is 74.2 cm³/mol. The van der Waals surface area contributed by atoms with Crippen LogP contribution in [0.1, 0.15) is 23.0 Å². The van der Waals surface area contributed by atoms with Crippen molar-refractivity contribution in [3.63, 3.8) is 0 Å². The molecular formula is C12H14ClN5O. The van der Waals surface area contributed by atoms with E-state index in [0.717, 1.165) is 12.1 Å². The number of aryl methyl sites for hydroxylation is 2. The van der Waals surface area contributed by atoms with E-state index >= 15 is 0 Å². The highest BCUT2D eigenvalue weighted by Crippen LogP contribution is 2.19. The van der Waals surface area contributed by atoms with Gasteiger partial charge in [-0.25, -0.2) is 4.98 Å². The lowest BCUT2D eigenvalue weighted by atomic mass is 10.2. The van der Waals surface area contributed by atoms with Crippen LogP contribution in [0, 0.1) is 0 Å². The van der Waals surface area contributed by atoms with E-state index in [0.29, 0.717) is 11.3 Å². The Morgan fingerprint density at radius 1 is 1.58 bits per heavy atom. The Morgan fingerprint density at radius 3 is 3.00 bits per heavy atom. The number of carbonyl (C=O) groups excluding carboxylic acids is 1. The molecule has 3 N–H and O–H groups in total. The molecule has 2 aromatic heterocycles. The van der Waals surface area contributed by atoms with Gasteiger partial charge in [-0.3, -0.25) is 9.48 Å². The maximum Gasteiger partial charge on any atom is 0.258 e. The summed E-state index contributed by atoms with van der Waals surface area (Å²) in [6.45, 7) is 1.97. The molecule has 2 heterocycles. The Kier molecular flexibility index (Phi) is 3.71. The molecule has 0 aromatic carbocycles. The molecule has 0 atom stereocenters. The van der Waals surface area contributed by atoms with E-state index in [2.05, 4.69) is 15.4 Å². The number of pyridine rings is 1. The third kappa shape index (κ3) is 2.85. The maximum atomic E-state index is 12.1. The first kappa shape index (κ1) is 13.4. The molecule has 19 heavy (non-hydrogen) atoms. The highest BCUT2D eigenvalue weighted by atomic mass is 35.5. The molecule has 0 saturated carbocycles. The summed E-state index contributed by atoms with van der Waals surface area (Å²) in [5, 5.41) is 7.25. The number of amides is 1. The van der Waals surface area contributed by atoms with Gasteiger partial charge in [0.1, 0.15) is 5.15 Å².